The molecule has 0 amide bonds. The van der Waals surface area contributed by atoms with Crippen LogP contribution >= 0.6 is 23.2 Å². The summed E-state index contributed by atoms with van der Waals surface area (Å²) in [5, 5.41) is 8.71. The molecule has 8 heteroatoms. The van der Waals surface area contributed by atoms with E-state index in [9.17, 15) is 0 Å². The number of hydrogen-bond donors (Lipinski definition) is 1. The van der Waals surface area contributed by atoms with Gasteiger partial charge in [0.25, 0.3) is 0 Å². The molecule has 0 unspecified atom stereocenters. The number of hydrogen-bond acceptors (Lipinski definition) is 5. The smallest absolute Gasteiger partial charge is 0.227 e. The fourth-order valence-corrected chi connectivity index (χ4v) is 3.15. The van der Waals surface area contributed by atoms with Crippen molar-refractivity contribution >= 4 is 34.8 Å². The second-order valence-electron chi connectivity index (χ2n) is 6.29. The first-order valence-corrected chi connectivity index (χ1v) is 9.55. The van der Waals surface area contributed by atoms with Crippen molar-refractivity contribution in [2.24, 2.45) is 0 Å². The van der Waals surface area contributed by atoms with Crippen molar-refractivity contribution in [3.05, 3.63) is 76.7 Å². The number of aromatic nitrogens is 4. The third kappa shape index (κ3) is 4.18. The molecule has 1 N–H and O–H groups in total. The lowest BCUT2D eigenvalue weighted by Gasteiger charge is -2.07. The van der Waals surface area contributed by atoms with E-state index in [0.717, 1.165) is 34.1 Å². The van der Waals surface area contributed by atoms with Gasteiger partial charge in [0, 0.05) is 23.6 Å². The van der Waals surface area contributed by atoms with E-state index in [1.165, 1.54) is 0 Å². The summed E-state index contributed by atoms with van der Waals surface area (Å²) in [5.74, 6) is 1.25. The molecule has 0 saturated carbocycles. The molecule has 0 bridgehead atoms. The first-order chi connectivity index (χ1) is 14.0. The zero-order valence-electron chi connectivity index (χ0n) is 15.7. The Balaban J connectivity index is 1.62. The van der Waals surface area contributed by atoms with E-state index in [1.54, 1.807) is 25.4 Å². The van der Waals surface area contributed by atoms with Gasteiger partial charge in [0.1, 0.15) is 5.75 Å². The summed E-state index contributed by atoms with van der Waals surface area (Å²) >= 11 is 12.0. The Bertz CT molecular complexity index is 1160. The van der Waals surface area contributed by atoms with Crippen molar-refractivity contribution in [1.29, 1.82) is 0 Å². The number of halogens is 2. The summed E-state index contributed by atoms with van der Waals surface area (Å²) < 4.78 is 7.03. The Morgan fingerprint density at radius 2 is 1.79 bits per heavy atom. The average Bonchev–Trinajstić information content (AvgIpc) is 3.13. The Hall–Kier alpha value is -3.09. The first-order valence-electron chi connectivity index (χ1n) is 8.79. The molecule has 2 aromatic carbocycles. The van der Waals surface area contributed by atoms with Crippen LogP contribution in [0.1, 0.15) is 5.69 Å². The Kier molecular flexibility index (Phi) is 5.38. The summed E-state index contributed by atoms with van der Waals surface area (Å²) in [4.78, 5) is 8.90. The molecule has 4 rings (SSSR count). The van der Waals surface area contributed by atoms with E-state index < -0.39 is 0 Å². The second-order valence-corrected chi connectivity index (χ2v) is 7.10. The van der Waals surface area contributed by atoms with Gasteiger partial charge in [0.15, 0.2) is 0 Å². The summed E-state index contributed by atoms with van der Waals surface area (Å²) in [6.45, 7) is 1.95. The minimum atomic E-state index is 0.456. The third-order valence-corrected chi connectivity index (χ3v) is 5.08. The van der Waals surface area contributed by atoms with E-state index in [-0.39, 0.29) is 0 Å². The Morgan fingerprint density at radius 3 is 2.52 bits per heavy atom. The number of aryl methyl sites for hydroxylation is 1. The van der Waals surface area contributed by atoms with Gasteiger partial charge in [-0.3, -0.25) is 0 Å². The van der Waals surface area contributed by atoms with Crippen molar-refractivity contribution in [1.82, 2.24) is 19.7 Å². The molecule has 2 heterocycles. The minimum Gasteiger partial charge on any atom is -0.497 e. The van der Waals surface area contributed by atoms with Crippen molar-refractivity contribution < 1.29 is 4.74 Å². The van der Waals surface area contributed by atoms with Crippen molar-refractivity contribution in [2.45, 2.75) is 6.92 Å². The molecule has 0 fully saturated rings. The van der Waals surface area contributed by atoms with Crippen LogP contribution in [0.4, 0.5) is 11.6 Å². The van der Waals surface area contributed by atoms with Crippen LogP contribution < -0.4 is 10.1 Å². The quantitative estimate of drug-likeness (QED) is 0.444. The highest BCUT2D eigenvalue weighted by molar-refractivity contribution is 6.42. The van der Waals surface area contributed by atoms with Gasteiger partial charge in [-0.05, 0) is 55.5 Å². The number of benzene rings is 2. The maximum absolute atomic E-state index is 6.08. The maximum Gasteiger partial charge on any atom is 0.227 e. The lowest BCUT2D eigenvalue weighted by molar-refractivity contribution is 0.414. The SMILES string of the molecule is COc1ccc(-n2cc(-c3ccnc(Nc4ccc(Cl)c(Cl)c4)n3)c(C)n2)cc1. The van der Waals surface area contributed by atoms with Gasteiger partial charge in [-0.2, -0.15) is 5.10 Å². The monoisotopic (exact) mass is 425 g/mol. The number of methoxy groups -OCH3 is 1. The van der Waals surface area contributed by atoms with Crippen LogP contribution in [0.2, 0.25) is 10.0 Å². The number of anilines is 2. The Labute approximate surface area is 178 Å². The van der Waals surface area contributed by atoms with Gasteiger partial charge >= 0.3 is 0 Å². The van der Waals surface area contributed by atoms with Gasteiger partial charge in [0.05, 0.1) is 34.2 Å². The molecular weight excluding hydrogens is 409 g/mol. The molecule has 6 nitrogen and oxygen atoms in total. The first kappa shape index (κ1) is 19.2. The molecule has 0 aliphatic heterocycles. The molecule has 0 spiro atoms. The number of nitrogens with one attached hydrogen (secondary N) is 1. The standard InChI is InChI=1S/C21H17Cl2N5O/c1-13-17(12-28(27-13)15-4-6-16(29-2)7-5-15)20-9-10-24-21(26-20)25-14-3-8-18(22)19(23)11-14/h3-12H,1-2H3,(H,24,25,26). The average molecular weight is 426 g/mol. The van der Waals surface area contributed by atoms with Crippen LogP contribution in [0.5, 0.6) is 5.75 Å². The zero-order valence-corrected chi connectivity index (χ0v) is 17.2. The fraction of sp³-hybridized carbons (Fsp3) is 0.0952. The van der Waals surface area contributed by atoms with Crippen LogP contribution in [-0.2, 0) is 0 Å². The van der Waals surface area contributed by atoms with Crippen LogP contribution in [0.15, 0.2) is 60.9 Å². The zero-order chi connectivity index (χ0) is 20.4. The highest BCUT2D eigenvalue weighted by Gasteiger charge is 2.11. The fourth-order valence-electron chi connectivity index (χ4n) is 2.85. The molecule has 0 saturated heterocycles. The predicted molar refractivity (Wildman–Crippen MR) is 116 cm³/mol. The number of nitrogens with zero attached hydrogens (tertiary/aromatic N) is 4. The lowest BCUT2D eigenvalue weighted by atomic mass is 10.2. The second kappa shape index (κ2) is 8.11. The van der Waals surface area contributed by atoms with Crippen LogP contribution in [0, 0.1) is 6.92 Å². The molecule has 0 aliphatic rings. The van der Waals surface area contributed by atoms with Crippen molar-refractivity contribution in [3.63, 3.8) is 0 Å². The van der Waals surface area contributed by atoms with E-state index in [1.807, 2.05) is 54.2 Å². The predicted octanol–water partition coefficient (Wildman–Crippen LogP) is 5.70. The summed E-state index contributed by atoms with van der Waals surface area (Å²) in [7, 11) is 1.64. The third-order valence-electron chi connectivity index (χ3n) is 4.34. The van der Waals surface area contributed by atoms with Gasteiger partial charge in [-0.1, -0.05) is 23.2 Å². The van der Waals surface area contributed by atoms with E-state index in [0.29, 0.717) is 16.0 Å². The van der Waals surface area contributed by atoms with Gasteiger partial charge in [0.2, 0.25) is 5.95 Å². The highest BCUT2D eigenvalue weighted by Crippen LogP contribution is 2.27. The summed E-state index contributed by atoms with van der Waals surface area (Å²) in [6.07, 6.45) is 3.65. The maximum atomic E-state index is 6.08. The lowest BCUT2D eigenvalue weighted by Crippen LogP contribution is -1.98. The van der Waals surface area contributed by atoms with E-state index in [4.69, 9.17) is 27.9 Å². The van der Waals surface area contributed by atoms with Crippen LogP contribution in [0.25, 0.3) is 16.9 Å². The highest BCUT2D eigenvalue weighted by atomic mass is 35.5. The largest absolute Gasteiger partial charge is 0.497 e. The van der Waals surface area contributed by atoms with E-state index in [2.05, 4.69) is 20.4 Å². The molecule has 2 aromatic heterocycles. The molecule has 0 radical (unpaired) electrons. The van der Waals surface area contributed by atoms with Crippen LogP contribution in [0.3, 0.4) is 0 Å². The molecule has 0 aliphatic carbocycles. The van der Waals surface area contributed by atoms with Crippen LogP contribution in [-0.4, -0.2) is 26.9 Å². The minimum absolute atomic E-state index is 0.456. The summed E-state index contributed by atoms with van der Waals surface area (Å²) in [6, 6.07) is 14.8. The Morgan fingerprint density at radius 1 is 1.00 bits per heavy atom. The van der Waals surface area contributed by atoms with E-state index >= 15 is 0 Å². The topological polar surface area (TPSA) is 64.9 Å². The number of ether oxygens (including phenoxy) is 1. The summed E-state index contributed by atoms with van der Waals surface area (Å²) in [5.41, 5.74) is 4.23. The normalized spacial score (nSPS) is 10.8. The molecular formula is C21H17Cl2N5O. The van der Waals surface area contributed by atoms with Gasteiger partial charge < -0.3 is 10.1 Å². The molecule has 146 valence electrons. The molecule has 29 heavy (non-hydrogen) atoms. The van der Waals surface area contributed by atoms with Crippen molar-refractivity contribution in [2.75, 3.05) is 12.4 Å². The number of rotatable bonds is 5. The van der Waals surface area contributed by atoms with Gasteiger partial charge in [-0.25, -0.2) is 14.6 Å². The molecule has 0 atom stereocenters. The van der Waals surface area contributed by atoms with Gasteiger partial charge in [-0.15, -0.1) is 0 Å². The van der Waals surface area contributed by atoms with Crippen molar-refractivity contribution in [3.8, 4) is 22.7 Å². The molecule has 4 aromatic rings.